The summed E-state index contributed by atoms with van der Waals surface area (Å²) in [5, 5.41) is 15.6. The molecule has 37 heavy (non-hydrogen) atoms. The van der Waals surface area contributed by atoms with Crippen LogP contribution in [-0.4, -0.2) is 75.3 Å². The fourth-order valence-electron chi connectivity index (χ4n) is 5.53. The van der Waals surface area contributed by atoms with Crippen molar-refractivity contribution < 1.29 is 33.3 Å². The Balaban J connectivity index is 0.000000349. The molecule has 2 saturated carbocycles. The standard InChI is InChI=1S/C22H26F2N4O.C4H4O4/c23-17-1-3-20(4-2-17)29-21-11-15-9-19(10-16(15)12-21)27-5-7-28(8-6-27)22-25-13-18(24)14-26-22;5-3(6)1-2-4(7)8/h1-4,13-16,19,21H,5-12H2;1-2H,(H,5,6)(H,7,8)/b;2-1+. The molecule has 5 rings (SSSR count). The number of hydrogen-bond donors (Lipinski definition) is 2. The number of carbonyl (C=O) groups is 2. The minimum absolute atomic E-state index is 0.227. The molecule has 2 N–H and O–H groups in total. The molecule has 0 bridgehead atoms. The smallest absolute Gasteiger partial charge is 0.328 e. The molecule has 1 aliphatic heterocycles. The van der Waals surface area contributed by atoms with E-state index in [1.807, 2.05) is 0 Å². The average molecular weight is 517 g/mol. The third-order valence-corrected chi connectivity index (χ3v) is 7.15. The zero-order valence-corrected chi connectivity index (χ0v) is 20.2. The summed E-state index contributed by atoms with van der Waals surface area (Å²) in [5.74, 6) is -0.295. The van der Waals surface area contributed by atoms with E-state index in [2.05, 4.69) is 19.8 Å². The Morgan fingerprint density at radius 2 is 1.38 bits per heavy atom. The molecule has 3 fully saturated rings. The minimum atomic E-state index is -1.26. The molecule has 2 aliphatic carbocycles. The number of anilines is 1. The fourth-order valence-corrected chi connectivity index (χ4v) is 5.53. The molecule has 2 aromatic rings. The number of nitrogens with zero attached hydrogens (tertiary/aromatic N) is 4. The van der Waals surface area contributed by atoms with E-state index in [0.717, 1.165) is 56.6 Å². The molecule has 2 heterocycles. The van der Waals surface area contributed by atoms with Crippen LogP contribution in [-0.2, 0) is 9.59 Å². The molecular formula is C26H30F2N4O5. The summed E-state index contributed by atoms with van der Waals surface area (Å²) >= 11 is 0. The van der Waals surface area contributed by atoms with E-state index < -0.39 is 17.8 Å². The lowest BCUT2D eigenvalue weighted by atomic mass is 10.0. The number of piperazine rings is 1. The molecule has 198 valence electrons. The van der Waals surface area contributed by atoms with E-state index in [9.17, 15) is 18.4 Å². The monoisotopic (exact) mass is 516 g/mol. The highest BCUT2D eigenvalue weighted by Gasteiger charge is 2.44. The van der Waals surface area contributed by atoms with Crippen molar-refractivity contribution in [2.75, 3.05) is 31.1 Å². The quantitative estimate of drug-likeness (QED) is 0.558. The first-order valence-corrected chi connectivity index (χ1v) is 12.3. The molecule has 1 aromatic carbocycles. The lowest BCUT2D eigenvalue weighted by Gasteiger charge is -2.38. The van der Waals surface area contributed by atoms with Crippen LogP contribution in [0.2, 0.25) is 0 Å². The Kier molecular flexibility index (Phi) is 8.65. The maximum Gasteiger partial charge on any atom is 0.328 e. The number of carboxylic acid groups (broad SMARTS) is 2. The molecule has 0 amide bonds. The number of halogens is 2. The van der Waals surface area contributed by atoms with Gasteiger partial charge in [-0.15, -0.1) is 0 Å². The molecular weight excluding hydrogens is 486 g/mol. The highest BCUT2D eigenvalue weighted by Crippen LogP contribution is 2.46. The van der Waals surface area contributed by atoms with Crippen LogP contribution < -0.4 is 9.64 Å². The zero-order chi connectivity index (χ0) is 26.4. The highest BCUT2D eigenvalue weighted by molar-refractivity contribution is 5.89. The van der Waals surface area contributed by atoms with Gasteiger partial charge in [0, 0.05) is 44.4 Å². The minimum Gasteiger partial charge on any atom is -0.490 e. The van der Waals surface area contributed by atoms with Crippen molar-refractivity contribution in [3.63, 3.8) is 0 Å². The third-order valence-electron chi connectivity index (χ3n) is 7.15. The van der Waals surface area contributed by atoms with Gasteiger partial charge in [-0.1, -0.05) is 0 Å². The van der Waals surface area contributed by atoms with Crippen molar-refractivity contribution in [2.45, 2.75) is 37.8 Å². The van der Waals surface area contributed by atoms with E-state index in [1.54, 1.807) is 12.1 Å². The molecule has 0 spiro atoms. The maximum absolute atomic E-state index is 13.1. The van der Waals surface area contributed by atoms with Crippen molar-refractivity contribution in [1.82, 2.24) is 14.9 Å². The van der Waals surface area contributed by atoms with Gasteiger partial charge >= 0.3 is 11.9 Å². The maximum atomic E-state index is 13.1. The van der Waals surface area contributed by atoms with Crippen molar-refractivity contribution in [3.05, 3.63) is 60.4 Å². The van der Waals surface area contributed by atoms with Crippen molar-refractivity contribution in [2.24, 2.45) is 11.8 Å². The number of benzene rings is 1. The molecule has 1 saturated heterocycles. The number of aromatic nitrogens is 2. The second kappa shape index (κ2) is 12.1. The number of rotatable bonds is 6. The normalized spacial score (nSPS) is 25.4. The van der Waals surface area contributed by atoms with Gasteiger partial charge in [0.2, 0.25) is 5.95 Å². The lowest BCUT2D eigenvalue weighted by Crippen LogP contribution is -2.50. The summed E-state index contributed by atoms with van der Waals surface area (Å²) in [7, 11) is 0. The van der Waals surface area contributed by atoms with E-state index in [0.29, 0.717) is 24.1 Å². The van der Waals surface area contributed by atoms with Gasteiger partial charge in [-0.05, 0) is 61.8 Å². The van der Waals surface area contributed by atoms with Crippen LogP contribution >= 0.6 is 0 Å². The van der Waals surface area contributed by atoms with E-state index in [1.165, 1.54) is 37.4 Å². The number of fused-ring (bicyclic) bond motifs is 1. The van der Waals surface area contributed by atoms with Gasteiger partial charge in [0.05, 0.1) is 18.5 Å². The Bertz CT molecular complexity index is 1060. The van der Waals surface area contributed by atoms with E-state index >= 15 is 0 Å². The molecule has 1 aromatic heterocycles. The molecule has 0 radical (unpaired) electrons. The zero-order valence-electron chi connectivity index (χ0n) is 20.2. The van der Waals surface area contributed by atoms with Crippen molar-refractivity contribution in [1.29, 1.82) is 0 Å². The SMILES string of the molecule is Fc1ccc(OC2CC3CC(N4CCN(c5ncc(F)cn5)CC4)CC3C2)cc1.O=C(O)/C=C/C(=O)O. The number of carboxylic acids is 2. The number of aliphatic carboxylic acids is 2. The Labute approximate surface area is 213 Å². The Morgan fingerprint density at radius 1 is 0.838 bits per heavy atom. The van der Waals surface area contributed by atoms with Crippen LogP contribution in [0.15, 0.2) is 48.8 Å². The lowest BCUT2D eigenvalue weighted by molar-refractivity contribution is -0.134. The van der Waals surface area contributed by atoms with Crippen LogP contribution in [0.3, 0.4) is 0 Å². The topological polar surface area (TPSA) is 116 Å². The van der Waals surface area contributed by atoms with Gasteiger partial charge < -0.3 is 19.8 Å². The van der Waals surface area contributed by atoms with Gasteiger partial charge in [0.25, 0.3) is 0 Å². The summed E-state index contributed by atoms with van der Waals surface area (Å²) in [5.41, 5.74) is 0. The predicted octanol–water partition coefficient (Wildman–Crippen LogP) is 3.22. The van der Waals surface area contributed by atoms with Gasteiger partial charge in [-0.25, -0.2) is 28.3 Å². The summed E-state index contributed by atoms with van der Waals surface area (Å²) < 4.78 is 32.2. The Morgan fingerprint density at radius 3 is 1.89 bits per heavy atom. The third kappa shape index (κ3) is 7.45. The van der Waals surface area contributed by atoms with E-state index in [4.69, 9.17) is 14.9 Å². The Hall–Kier alpha value is -3.60. The van der Waals surface area contributed by atoms with E-state index in [-0.39, 0.29) is 11.9 Å². The van der Waals surface area contributed by atoms with Crippen LogP contribution in [0, 0.1) is 23.5 Å². The van der Waals surface area contributed by atoms with Crippen LogP contribution in [0.1, 0.15) is 25.7 Å². The van der Waals surface area contributed by atoms with Crippen molar-refractivity contribution >= 4 is 17.9 Å². The summed E-state index contributed by atoms with van der Waals surface area (Å²) in [6.07, 6.45) is 8.51. The van der Waals surface area contributed by atoms with Gasteiger partial charge in [0.1, 0.15) is 11.6 Å². The van der Waals surface area contributed by atoms with Crippen molar-refractivity contribution in [3.8, 4) is 5.75 Å². The molecule has 9 nitrogen and oxygen atoms in total. The van der Waals surface area contributed by atoms with Crippen LogP contribution in [0.4, 0.5) is 14.7 Å². The summed E-state index contributed by atoms with van der Waals surface area (Å²) in [6, 6.07) is 7.00. The van der Waals surface area contributed by atoms with Gasteiger partial charge in [-0.2, -0.15) is 0 Å². The van der Waals surface area contributed by atoms with Gasteiger partial charge in [0.15, 0.2) is 5.82 Å². The molecule has 3 aliphatic rings. The summed E-state index contributed by atoms with van der Waals surface area (Å²) in [4.78, 5) is 32.1. The molecule has 11 heteroatoms. The fraction of sp³-hybridized carbons (Fsp3) is 0.462. The first-order valence-electron chi connectivity index (χ1n) is 12.3. The summed E-state index contributed by atoms with van der Waals surface area (Å²) in [6.45, 7) is 3.77. The molecule has 2 unspecified atom stereocenters. The van der Waals surface area contributed by atoms with Gasteiger partial charge in [-0.3, -0.25) is 4.90 Å². The first-order chi connectivity index (χ1) is 17.8. The van der Waals surface area contributed by atoms with Crippen LogP contribution in [0.5, 0.6) is 5.75 Å². The average Bonchev–Trinajstić information content (AvgIpc) is 3.44. The highest BCUT2D eigenvalue weighted by atomic mass is 19.1. The second-order valence-electron chi connectivity index (χ2n) is 9.54. The predicted molar refractivity (Wildman–Crippen MR) is 130 cm³/mol. The second-order valence-corrected chi connectivity index (χ2v) is 9.54. The van der Waals surface area contributed by atoms with Crippen LogP contribution in [0.25, 0.3) is 0 Å². The number of hydrogen-bond acceptors (Lipinski definition) is 7. The molecule has 2 atom stereocenters. The first kappa shape index (κ1) is 26.5. The number of ether oxygens (including phenoxy) is 1. The largest absolute Gasteiger partial charge is 0.490 e.